The maximum atomic E-state index is 12.6. The molecule has 1 saturated heterocycles. The minimum Gasteiger partial charge on any atom is -0.482 e. The fourth-order valence-electron chi connectivity index (χ4n) is 3.15. The lowest BCUT2D eigenvalue weighted by Gasteiger charge is -2.13. The summed E-state index contributed by atoms with van der Waals surface area (Å²) < 4.78 is 7.28. The summed E-state index contributed by atoms with van der Waals surface area (Å²) in [6.45, 7) is 1.75. The fourth-order valence-corrected chi connectivity index (χ4v) is 5.48. The minimum atomic E-state index is -0.297. The van der Waals surface area contributed by atoms with Crippen LogP contribution in [0.4, 0.5) is 11.4 Å². The largest absolute Gasteiger partial charge is 0.482 e. The molecule has 1 aliphatic rings. The van der Waals surface area contributed by atoms with E-state index in [0.717, 1.165) is 10.0 Å². The molecule has 6 nitrogen and oxygen atoms in total. The highest BCUT2D eigenvalue weighted by Gasteiger charge is 2.25. The van der Waals surface area contributed by atoms with E-state index in [-0.39, 0.29) is 18.4 Å². The van der Waals surface area contributed by atoms with Crippen molar-refractivity contribution in [3.63, 3.8) is 0 Å². The number of aryl methyl sites for hydroxylation is 1. The van der Waals surface area contributed by atoms with Gasteiger partial charge >= 0.3 is 0 Å². The van der Waals surface area contributed by atoms with Crippen LogP contribution in [0.3, 0.4) is 0 Å². The van der Waals surface area contributed by atoms with Crippen molar-refractivity contribution >= 4 is 89.7 Å². The third-order valence-electron chi connectivity index (χ3n) is 4.68. The molecule has 1 fully saturated rings. The van der Waals surface area contributed by atoms with E-state index in [1.54, 1.807) is 30.3 Å². The summed E-state index contributed by atoms with van der Waals surface area (Å²) >= 11 is 14.1. The minimum absolute atomic E-state index is 0.201. The molecule has 0 aliphatic carbocycles. The highest BCUT2D eigenvalue weighted by atomic mass is 79.9. The molecule has 0 unspecified atom stereocenters. The Hall–Kier alpha value is -2.59. The number of amides is 2. The third kappa shape index (κ3) is 6.98. The Labute approximate surface area is 228 Å². The van der Waals surface area contributed by atoms with Crippen LogP contribution in [0.25, 0.3) is 6.08 Å². The summed E-state index contributed by atoms with van der Waals surface area (Å²) in [6, 6.07) is 18.1. The molecule has 1 heterocycles. The number of nitrogens with one attached hydrogen (secondary N) is 2. The van der Waals surface area contributed by atoms with E-state index in [1.165, 1.54) is 11.8 Å². The van der Waals surface area contributed by atoms with Gasteiger partial charge in [0.25, 0.3) is 11.8 Å². The molecule has 0 saturated carbocycles. The fraction of sp³-hybridized carbons (Fsp3) is 0.0800. The van der Waals surface area contributed by atoms with Crippen LogP contribution in [0.15, 0.2) is 79.5 Å². The second kappa shape index (κ2) is 11.4. The van der Waals surface area contributed by atoms with Crippen molar-refractivity contribution in [2.75, 3.05) is 11.9 Å². The first kappa shape index (κ1) is 25.5. The van der Waals surface area contributed by atoms with Gasteiger partial charge in [-0.2, -0.15) is 0 Å². The van der Waals surface area contributed by atoms with Crippen molar-refractivity contribution in [1.29, 1.82) is 0 Å². The van der Waals surface area contributed by atoms with Crippen LogP contribution >= 0.6 is 55.2 Å². The van der Waals surface area contributed by atoms with Gasteiger partial charge in [-0.15, -0.1) is 0 Å². The molecule has 35 heavy (non-hydrogen) atoms. The van der Waals surface area contributed by atoms with E-state index in [1.807, 2.05) is 43.3 Å². The zero-order chi connectivity index (χ0) is 24.9. The van der Waals surface area contributed by atoms with Gasteiger partial charge in [0.15, 0.2) is 11.8 Å². The van der Waals surface area contributed by atoms with Gasteiger partial charge in [-0.3, -0.25) is 9.59 Å². The van der Waals surface area contributed by atoms with Gasteiger partial charge in [0, 0.05) is 20.7 Å². The van der Waals surface area contributed by atoms with E-state index in [0.29, 0.717) is 42.3 Å². The van der Waals surface area contributed by atoms with Crippen molar-refractivity contribution in [2.24, 2.45) is 4.99 Å². The van der Waals surface area contributed by atoms with E-state index < -0.39 is 0 Å². The zero-order valence-electron chi connectivity index (χ0n) is 18.3. The summed E-state index contributed by atoms with van der Waals surface area (Å²) in [5.74, 6) is -0.132. The first-order valence-electron chi connectivity index (χ1n) is 10.3. The van der Waals surface area contributed by atoms with Crippen LogP contribution in [0.2, 0.25) is 5.02 Å². The second-order valence-corrected chi connectivity index (χ2v) is 10.7. The molecule has 3 aromatic carbocycles. The quantitative estimate of drug-likeness (QED) is 0.284. The number of anilines is 1. The molecule has 10 heteroatoms. The lowest BCUT2D eigenvalue weighted by atomic mass is 10.2. The van der Waals surface area contributed by atoms with Crippen LogP contribution in [-0.2, 0) is 9.59 Å². The van der Waals surface area contributed by atoms with Gasteiger partial charge in [0.2, 0.25) is 0 Å². The predicted molar refractivity (Wildman–Crippen MR) is 149 cm³/mol. The Morgan fingerprint density at radius 3 is 2.69 bits per heavy atom. The monoisotopic (exact) mass is 633 g/mol. The number of halogens is 3. The first-order valence-corrected chi connectivity index (χ1v) is 13.1. The van der Waals surface area contributed by atoms with Crippen molar-refractivity contribution in [3.8, 4) is 5.75 Å². The molecule has 0 atom stereocenters. The van der Waals surface area contributed by atoms with Crippen LogP contribution in [0.1, 0.15) is 11.1 Å². The Kier molecular flexibility index (Phi) is 8.33. The first-order chi connectivity index (χ1) is 16.8. The normalized spacial score (nSPS) is 15.4. The molecule has 0 radical (unpaired) electrons. The Morgan fingerprint density at radius 1 is 1.17 bits per heavy atom. The summed E-state index contributed by atoms with van der Waals surface area (Å²) in [7, 11) is 0. The topological polar surface area (TPSA) is 79.8 Å². The van der Waals surface area contributed by atoms with E-state index >= 15 is 0 Å². The molecule has 0 spiro atoms. The van der Waals surface area contributed by atoms with Gasteiger partial charge in [0.1, 0.15) is 5.75 Å². The van der Waals surface area contributed by atoms with E-state index in [9.17, 15) is 9.59 Å². The average molecular weight is 636 g/mol. The molecule has 0 aromatic heterocycles. The standard InChI is InChI=1S/C25H18Br2ClN3O3S/c1-14-3-2-4-19(9-14)29-22(32)13-34-23-15(10-16(26)12-20(23)27)11-21-24(33)31-25(35-21)30-18-7-5-17(28)6-8-18/h2-12H,13H2,1H3,(H,29,32)(H,30,31,33)/b21-11-. The van der Waals surface area contributed by atoms with Gasteiger partial charge < -0.3 is 15.4 Å². The molecule has 2 N–H and O–H groups in total. The number of aliphatic imine (C=N–C) groups is 1. The van der Waals surface area contributed by atoms with Crippen molar-refractivity contribution in [2.45, 2.75) is 6.92 Å². The van der Waals surface area contributed by atoms with E-state index in [4.69, 9.17) is 16.3 Å². The number of carbonyl (C=O) groups excluding carboxylic acids is 2. The summed E-state index contributed by atoms with van der Waals surface area (Å²) in [6.07, 6.45) is 1.70. The molecular weight excluding hydrogens is 618 g/mol. The number of benzene rings is 3. The molecule has 2 amide bonds. The average Bonchev–Trinajstić information content (AvgIpc) is 3.13. The third-order valence-corrected chi connectivity index (χ3v) is 6.89. The van der Waals surface area contributed by atoms with Crippen LogP contribution < -0.4 is 15.4 Å². The lowest BCUT2D eigenvalue weighted by Crippen LogP contribution is -2.20. The van der Waals surface area contributed by atoms with Gasteiger partial charge in [-0.05, 0) is 94.8 Å². The number of ether oxygens (including phenoxy) is 1. The summed E-state index contributed by atoms with van der Waals surface area (Å²) in [5, 5.41) is 6.65. The maximum absolute atomic E-state index is 12.6. The molecular formula is C25H18Br2ClN3O3S. The number of hydrogen-bond acceptors (Lipinski definition) is 5. The smallest absolute Gasteiger partial charge is 0.264 e. The predicted octanol–water partition coefficient (Wildman–Crippen LogP) is 7.08. The highest BCUT2D eigenvalue weighted by Crippen LogP contribution is 2.37. The Bertz CT molecular complexity index is 1360. The van der Waals surface area contributed by atoms with Gasteiger partial charge in [0.05, 0.1) is 15.1 Å². The summed E-state index contributed by atoms with van der Waals surface area (Å²) in [4.78, 5) is 29.9. The SMILES string of the molecule is Cc1cccc(NC(=O)COc2c(Br)cc(Br)cc2/C=C2\SC(=Nc3ccc(Cl)cc3)NC2=O)c1. The number of amidine groups is 1. The molecule has 1 aliphatic heterocycles. The molecule has 3 aromatic rings. The molecule has 4 rings (SSSR count). The van der Waals surface area contributed by atoms with Gasteiger partial charge in [-0.1, -0.05) is 39.7 Å². The van der Waals surface area contributed by atoms with E-state index in [2.05, 4.69) is 47.5 Å². The van der Waals surface area contributed by atoms with Crippen molar-refractivity contribution in [1.82, 2.24) is 5.32 Å². The molecule has 0 bridgehead atoms. The van der Waals surface area contributed by atoms with Crippen LogP contribution in [0.5, 0.6) is 5.75 Å². The number of nitrogens with zero attached hydrogens (tertiary/aromatic N) is 1. The number of hydrogen-bond donors (Lipinski definition) is 2. The highest BCUT2D eigenvalue weighted by molar-refractivity contribution is 9.11. The van der Waals surface area contributed by atoms with Crippen LogP contribution in [0, 0.1) is 6.92 Å². The van der Waals surface area contributed by atoms with Crippen molar-refractivity contribution in [3.05, 3.63) is 90.7 Å². The van der Waals surface area contributed by atoms with Gasteiger partial charge in [-0.25, -0.2) is 4.99 Å². The number of carbonyl (C=O) groups is 2. The second-order valence-electron chi connectivity index (χ2n) is 7.47. The van der Waals surface area contributed by atoms with Crippen LogP contribution in [-0.4, -0.2) is 23.6 Å². The number of rotatable bonds is 6. The Morgan fingerprint density at radius 2 is 1.94 bits per heavy atom. The molecule has 178 valence electrons. The number of thioether (sulfide) groups is 1. The zero-order valence-corrected chi connectivity index (χ0v) is 23.0. The maximum Gasteiger partial charge on any atom is 0.264 e. The lowest BCUT2D eigenvalue weighted by molar-refractivity contribution is -0.118. The summed E-state index contributed by atoms with van der Waals surface area (Å²) in [5.41, 5.74) is 3.04. The van der Waals surface area contributed by atoms with Crippen molar-refractivity contribution < 1.29 is 14.3 Å². The Balaban J connectivity index is 1.52.